The predicted octanol–water partition coefficient (Wildman–Crippen LogP) is 4.95. The average Bonchev–Trinajstić information content (AvgIpc) is 3.03. The van der Waals surface area contributed by atoms with Gasteiger partial charge in [0.1, 0.15) is 4.83 Å². The number of hydrogen-bond donors (Lipinski definition) is 0. The number of hydrogen-bond acceptors (Lipinski definition) is 5. The van der Waals surface area contributed by atoms with E-state index in [-0.39, 0.29) is 10.8 Å². The number of nitriles is 1. The van der Waals surface area contributed by atoms with Crippen molar-refractivity contribution in [3.8, 4) is 11.8 Å². The molecule has 0 spiro atoms. The van der Waals surface area contributed by atoms with Crippen LogP contribution in [0.4, 0.5) is 0 Å². The van der Waals surface area contributed by atoms with Gasteiger partial charge in [-0.1, -0.05) is 17.8 Å². The van der Waals surface area contributed by atoms with E-state index in [0.717, 1.165) is 40.7 Å². The van der Waals surface area contributed by atoms with Gasteiger partial charge in [-0.05, 0) is 75.3 Å². The molecule has 0 N–H and O–H groups in total. The number of fused-ring (bicyclic) bond motifs is 3. The second-order valence-electron chi connectivity index (χ2n) is 7.08. The van der Waals surface area contributed by atoms with Crippen molar-refractivity contribution in [2.45, 2.75) is 56.9 Å². The first-order valence-electron chi connectivity index (χ1n) is 9.21. The lowest BCUT2D eigenvalue weighted by Gasteiger charge is -2.15. The number of thioether (sulfide) groups is 1. The summed E-state index contributed by atoms with van der Waals surface area (Å²) in [7, 11) is 0. The lowest BCUT2D eigenvalue weighted by Crippen LogP contribution is -2.23. The molecule has 1 aromatic carbocycles. The number of rotatable bonds is 3. The SMILES string of the molecule is Cc1ccc(-n2c(S[C@H](C)C#N)nc3sc4c(c3c2=O)CCCC4)cc1C. The summed E-state index contributed by atoms with van der Waals surface area (Å²) in [6.07, 6.45) is 4.30. The maximum absolute atomic E-state index is 13.6. The number of nitrogens with zero attached hydrogens (tertiary/aromatic N) is 3. The van der Waals surface area contributed by atoms with E-state index in [9.17, 15) is 10.1 Å². The standard InChI is InChI=1S/C21H21N3OS2/c1-12-8-9-15(10-13(12)2)24-20(25)18-16-6-4-5-7-17(16)27-19(18)23-21(24)26-14(3)11-22/h8-10,14H,4-7H2,1-3H3/t14-/m1/s1. The number of benzene rings is 1. The second kappa shape index (κ2) is 7.14. The highest BCUT2D eigenvalue weighted by Gasteiger charge is 2.23. The van der Waals surface area contributed by atoms with Crippen molar-refractivity contribution in [1.29, 1.82) is 5.26 Å². The summed E-state index contributed by atoms with van der Waals surface area (Å²) >= 11 is 3.00. The van der Waals surface area contributed by atoms with Gasteiger partial charge in [0.2, 0.25) is 0 Å². The minimum atomic E-state index is -0.276. The monoisotopic (exact) mass is 395 g/mol. The first kappa shape index (κ1) is 18.3. The molecule has 0 fully saturated rings. The van der Waals surface area contributed by atoms with Gasteiger partial charge >= 0.3 is 0 Å². The molecular weight excluding hydrogens is 374 g/mol. The molecule has 2 aromatic heterocycles. The normalized spacial score (nSPS) is 14.7. The minimum Gasteiger partial charge on any atom is -0.268 e. The van der Waals surface area contributed by atoms with Crippen molar-refractivity contribution in [2.24, 2.45) is 0 Å². The van der Waals surface area contributed by atoms with Crippen LogP contribution >= 0.6 is 23.1 Å². The lowest BCUT2D eigenvalue weighted by atomic mass is 9.97. The van der Waals surface area contributed by atoms with Gasteiger partial charge < -0.3 is 0 Å². The molecule has 0 bridgehead atoms. The molecule has 27 heavy (non-hydrogen) atoms. The van der Waals surface area contributed by atoms with Crippen molar-refractivity contribution >= 4 is 33.3 Å². The molecule has 2 heterocycles. The van der Waals surface area contributed by atoms with Gasteiger partial charge in [0.25, 0.3) is 5.56 Å². The Kier molecular flexibility index (Phi) is 4.83. The second-order valence-corrected chi connectivity index (χ2v) is 9.48. The van der Waals surface area contributed by atoms with Gasteiger partial charge in [-0.15, -0.1) is 11.3 Å². The van der Waals surface area contributed by atoms with Gasteiger partial charge in [-0.3, -0.25) is 9.36 Å². The summed E-state index contributed by atoms with van der Waals surface area (Å²) in [6, 6.07) is 8.28. The molecule has 0 unspecified atom stereocenters. The van der Waals surface area contributed by atoms with Crippen LogP contribution in [0.3, 0.4) is 0 Å². The molecule has 6 heteroatoms. The van der Waals surface area contributed by atoms with E-state index in [2.05, 4.69) is 13.0 Å². The van der Waals surface area contributed by atoms with E-state index in [0.29, 0.717) is 5.16 Å². The van der Waals surface area contributed by atoms with E-state index in [1.165, 1.54) is 34.2 Å². The van der Waals surface area contributed by atoms with E-state index >= 15 is 0 Å². The van der Waals surface area contributed by atoms with Crippen LogP contribution in [-0.2, 0) is 12.8 Å². The van der Waals surface area contributed by atoms with Crippen LogP contribution in [0.15, 0.2) is 28.2 Å². The number of aromatic nitrogens is 2. The first-order chi connectivity index (χ1) is 13.0. The van der Waals surface area contributed by atoms with Gasteiger partial charge in [0, 0.05) is 4.88 Å². The zero-order valence-electron chi connectivity index (χ0n) is 15.7. The summed E-state index contributed by atoms with van der Waals surface area (Å²) in [5.74, 6) is 0. The van der Waals surface area contributed by atoms with E-state index < -0.39 is 0 Å². The Labute approximate surface area is 166 Å². The average molecular weight is 396 g/mol. The third-order valence-corrected chi connectivity index (χ3v) is 7.30. The molecule has 0 aliphatic heterocycles. The van der Waals surface area contributed by atoms with Gasteiger partial charge in [-0.2, -0.15) is 5.26 Å². The maximum atomic E-state index is 13.6. The van der Waals surface area contributed by atoms with Crippen molar-refractivity contribution < 1.29 is 0 Å². The highest BCUT2D eigenvalue weighted by atomic mass is 32.2. The molecular formula is C21H21N3OS2. The van der Waals surface area contributed by atoms with Crippen LogP contribution in [0.5, 0.6) is 0 Å². The summed E-state index contributed by atoms with van der Waals surface area (Å²) in [6.45, 7) is 5.95. The van der Waals surface area contributed by atoms with E-state index in [1.807, 2.05) is 32.0 Å². The van der Waals surface area contributed by atoms with Crippen molar-refractivity contribution in [1.82, 2.24) is 9.55 Å². The van der Waals surface area contributed by atoms with Crippen LogP contribution in [0.25, 0.3) is 15.9 Å². The molecule has 3 aromatic rings. The smallest absolute Gasteiger partial charge is 0.267 e. The van der Waals surface area contributed by atoms with Gasteiger partial charge in [0.15, 0.2) is 5.16 Å². The Morgan fingerprint density at radius 2 is 2.04 bits per heavy atom. The summed E-state index contributed by atoms with van der Waals surface area (Å²) in [4.78, 5) is 20.6. The van der Waals surface area contributed by atoms with Gasteiger partial charge in [0.05, 0.1) is 22.4 Å². The number of aryl methyl sites for hydroxylation is 4. The summed E-state index contributed by atoms with van der Waals surface area (Å²) in [5, 5.41) is 10.4. The molecule has 0 radical (unpaired) electrons. The summed E-state index contributed by atoms with van der Waals surface area (Å²) in [5.41, 5.74) is 4.34. The molecule has 0 amide bonds. The lowest BCUT2D eigenvalue weighted by molar-refractivity contribution is 0.699. The first-order valence-corrected chi connectivity index (χ1v) is 10.9. The van der Waals surface area contributed by atoms with E-state index in [1.54, 1.807) is 15.9 Å². The van der Waals surface area contributed by atoms with Crippen molar-refractivity contribution in [2.75, 3.05) is 0 Å². The largest absolute Gasteiger partial charge is 0.268 e. The fourth-order valence-corrected chi connectivity index (χ4v) is 5.66. The predicted molar refractivity (Wildman–Crippen MR) is 112 cm³/mol. The van der Waals surface area contributed by atoms with Crippen molar-refractivity contribution in [3.63, 3.8) is 0 Å². The Bertz CT molecular complexity index is 1140. The zero-order chi connectivity index (χ0) is 19.1. The maximum Gasteiger partial charge on any atom is 0.267 e. The third-order valence-electron chi connectivity index (χ3n) is 5.17. The van der Waals surface area contributed by atoms with Gasteiger partial charge in [-0.25, -0.2) is 4.98 Å². The highest BCUT2D eigenvalue weighted by molar-refractivity contribution is 8.00. The van der Waals surface area contributed by atoms with E-state index in [4.69, 9.17) is 4.98 Å². The zero-order valence-corrected chi connectivity index (χ0v) is 17.3. The van der Waals surface area contributed by atoms with Crippen molar-refractivity contribution in [3.05, 3.63) is 50.1 Å². The molecule has 138 valence electrons. The highest BCUT2D eigenvalue weighted by Crippen LogP contribution is 2.35. The molecule has 0 saturated heterocycles. The fourth-order valence-electron chi connectivity index (χ4n) is 3.54. The molecule has 1 atom stereocenters. The fraction of sp³-hybridized carbons (Fsp3) is 0.381. The van der Waals surface area contributed by atoms with Crippen LogP contribution in [-0.4, -0.2) is 14.8 Å². The van der Waals surface area contributed by atoms with Crippen LogP contribution < -0.4 is 5.56 Å². The van der Waals surface area contributed by atoms with Crippen LogP contribution in [0, 0.1) is 25.2 Å². The summed E-state index contributed by atoms with van der Waals surface area (Å²) < 4.78 is 1.70. The quantitative estimate of drug-likeness (QED) is 0.465. The Balaban J connectivity index is 2.02. The Hall–Kier alpha value is -2.10. The molecule has 4 rings (SSSR count). The number of thiophene rings is 1. The molecule has 0 saturated carbocycles. The molecule has 1 aliphatic carbocycles. The molecule has 1 aliphatic rings. The Morgan fingerprint density at radius 3 is 2.78 bits per heavy atom. The minimum absolute atomic E-state index is 0.00436. The topological polar surface area (TPSA) is 58.7 Å². The van der Waals surface area contributed by atoms with Crippen LogP contribution in [0.2, 0.25) is 0 Å². The third kappa shape index (κ3) is 3.19. The molecule has 4 nitrogen and oxygen atoms in total. The Morgan fingerprint density at radius 1 is 1.26 bits per heavy atom. The van der Waals surface area contributed by atoms with Crippen LogP contribution in [0.1, 0.15) is 41.3 Å².